The molecule has 0 N–H and O–H groups in total. The Morgan fingerprint density at radius 1 is 1.24 bits per heavy atom. The Kier molecular flexibility index (Phi) is 9.35. The second kappa shape index (κ2) is 11.6. The van der Waals surface area contributed by atoms with Crippen molar-refractivity contribution in [3.63, 3.8) is 0 Å². The maximum Gasteiger partial charge on any atom is 0.430 e. The molecule has 0 saturated carbocycles. The Morgan fingerprint density at radius 3 is 2.47 bits per heavy atom. The van der Waals surface area contributed by atoms with E-state index in [0.717, 1.165) is 36.4 Å². The number of likely N-dealkylation sites (N-methyl/N-ethyl adjacent to an activating group) is 1. The van der Waals surface area contributed by atoms with Crippen LogP contribution in [0.1, 0.15) is 54.9 Å². The minimum atomic E-state index is -4.75. The van der Waals surface area contributed by atoms with Gasteiger partial charge < -0.3 is 14.4 Å². The van der Waals surface area contributed by atoms with Crippen molar-refractivity contribution in [2.45, 2.75) is 77.0 Å². The molecule has 1 atom stereocenters. The van der Waals surface area contributed by atoms with Gasteiger partial charge in [0.05, 0.1) is 28.6 Å². The Balaban J connectivity index is 1.92. The van der Waals surface area contributed by atoms with Crippen molar-refractivity contribution in [1.82, 2.24) is 9.88 Å². The Labute approximate surface area is 233 Å². The van der Waals surface area contributed by atoms with E-state index in [1.54, 1.807) is 20.8 Å². The highest BCUT2D eigenvalue weighted by molar-refractivity contribution is 7.93. The van der Waals surface area contributed by atoms with Crippen molar-refractivity contribution in [3.8, 4) is 0 Å². The zero-order valence-corrected chi connectivity index (χ0v) is 25.2. The Bertz CT molecular complexity index is 1230. The van der Waals surface area contributed by atoms with Gasteiger partial charge in [0.2, 0.25) is 0 Å². The van der Waals surface area contributed by atoms with Crippen LogP contribution < -0.4 is 9.21 Å². The molecule has 9 nitrogen and oxygen atoms in total. The maximum absolute atomic E-state index is 15.5. The van der Waals surface area contributed by atoms with Gasteiger partial charge in [0.25, 0.3) is 10.0 Å². The molecule has 0 unspecified atom stereocenters. The summed E-state index contributed by atoms with van der Waals surface area (Å²) in [4.78, 5) is 20.3. The molecule has 3 rings (SSSR count). The van der Waals surface area contributed by atoms with E-state index >= 15 is 4.39 Å². The van der Waals surface area contributed by atoms with Crippen LogP contribution in [0.4, 0.5) is 20.7 Å². The van der Waals surface area contributed by atoms with Crippen molar-refractivity contribution >= 4 is 50.6 Å². The van der Waals surface area contributed by atoms with Gasteiger partial charge in [-0.3, -0.25) is 4.90 Å². The van der Waals surface area contributed by atoms with Gasteiger partial charge in [-0.15, -0.1) is 15.6 Å². The second-order valence-electron chi connectivity index (χ2n) is 11.0. The monoisotopic (exact) mass is 590 g/mol. The van der Waals surface area contributed by atoms with Crippen LogP contribution in [0, 0.1) is 5.82 Å². The number of carbonyl (C=O) groups excluding carboxylic acids is 1. The summed E-state index contributed by atoms with van der Waals surface area (Å²) in [6.45, 7) is 15.2. The number of hydrogen-bond donors (Lipinski definition) is 0. The summed E-state index contributed by atoms with van der Waals surface area (Å²) < 4.78 is 54.3. The first-order chi connectivity index (χ1) is 17.5. The molecule has 1 aromatic carbocycles. The molecule has 13 heteroatoms. The smallest absolute Gasteiger partial charge is 0.430 e. The average Bonchev–Trinajstić information content (AvgIpc) is 3.45. The first-order valence-corrected chi connectivity index (χ1v) is 15.1. The molecule has 212 valence electrons. The Hall–Kier alpha value is -1.99. The molecule has 0 bridgehead atoms. The zero-order chi connectivity index (χ0) is 28.5. The molecule has 1 fully saturated rings. The quantitative estimate of drug-likeness (QED) is 0.384. The fourth-order valence-corrected chi connectivity index (χ4v) is 6.32. The predicted molar refractivity (Wildman–Crippen MR) is 148 cm³/mol. The van der Waals surface area contributed by atoms with Crippen molar-refractivity contribution < 1.29 is 27.1 Å². The van der Waals surface area contributed by atoms with Crippen LogP contribution >= 0.6 is 22.9 Å². The summed E-state index contributed by atoms with van der Waals surface area (Å²) in [7, 11) is -4.75. The van der Waals surface area contributed by atoms with E-state index in [0.29, 0.717) is 29.8 Å². The minimum absolute atomic E-state index is 0.0381. The number of ether oxygens (including phenoxy) is 2. The number of amides is 1. The summed E-state index contributed by atoms with van der Waals surface area (Å²) in [6, 6.07) is 2.20. The fraction of sp³-hybridized carbons (Fsp3) is 0.600. The van der Waals surface area contributed by atoms with E-state index in [1.807, 2.05) is 32.6 Å². The number of sulfonamides is 1. The van der Waals surface area contributed by atoms with Crippen LogP contribution in [0.2, 0.25) is 5.02 Å². The second-order valence-corrected chi connectivity index (χ2v) is 13.9. The van der Waals surface area contributed by atoms with E-state index in [-0.39, 0.29) is 22.5 Å². The third kappa shape index (κ3) is 7.35. The lowest BCUT2D eigenvalue weighted by Crippen LogP contribution is -2.41. The topological polar surface area (TPSA) is 92.3 Å². The molecule has 1 aliphatic rings. The van der Waals surface area contributed by atoms with E-state index < -0.39 is 32.4 Å². The maximum atomic E-state index is 15.5. The van der Waals surface area contributed by atoms with Gasteiger partial charge in [0.15, 0.2) is 5.82 Å². The number of rotatable bonds is 8. The Morgan fingerprint density at radius 2 is 1.92 bits per heavy atom. The number of hydrogen-bond acceptors (Lipinski definition) is 9. The number of likely N-dealkylation sites (tertiary alicyclic amines) is 1. The van der Waals surface area contributed by atoms with E-state index in [2.05, 4.69) is 9.88 Å². The number of aromatic nitrogens is 1. The predicted octanol–water partition coefficient (Wildman–Crippen LogP) is 5.74. The lowest BCUT2D eigenvalue weighted by atomic mass is 10.2. The molecule has 0 aliphatic carbocycles. The van der Waals surface area contributed by atoms with Crippen LogP contribution in [-0.4, -0.2) is 68.0 Å². The zero-order valence-electron chi connectivity index (χ0n) is 22.8. The summed E-state index contributed by atoms with van der Waals surface area (Å²) in [5, 5.41) is 1.42. The molecular formula is C25H36ClFN4O5S2. The number of anilines is 2. The fourth-order valence-electron chi connectivity index (χ4n) is 4.05. The molecule has 0 spiro atoms. The standard InChI is InChI=1S/C25H36ClFN4O5S2/c1-8-30(17-9-10-29(13-17)16-35-24(2,3)4)20-12-19(27)21(11-18(20)26)38(33,34)31(22-14-37-15-28-22)23(32)36-25(5,6)7/h11-12,14-15,17H,8-10,13,16H2,1-7H3/t17-/m0/s1. The lowest BCUT2D eigenvalue weighted by molar-refractivity contribution is -0.0569. The molecular weight excluding hydrogens is 555 g/mol. The summed E-state index contributed by atoms with van der Waals surface area (Å²) in [6.07, 6.45) is -0.378. The van der Waals surface area contributed by atoms with Crippen LogP contribution in [0.25, 0.3) is 0 Å². The molecule has 1 aromatic heterocycles. The summed E-state index contributed by atoms with van der Waals surface area (Å²) >= 11 is 7.66. The average molecular weight is 591 g/mol. The summed E-state index contributed by atoms with van der Waals surface area (Å²) in [5.41, 5.74) is 0.495. The number of carbonyl (C=O) groups is 1. The number of thiazole rings is 1. The molecule has 2 aromatic rings. The molecule has 1 amide bonds. The van der Waals surface area contributed by atoms with Crippen LogP contribution in [0.3, 0.4) is 0 Å². The largest absolute Gasteiger partial charge is 0.443 e. The van der Waals surface area contributed by atoms with E-state index in [4.69, 9.17) is 21.1 Å². The van der Waals surface area contributed by atoms with Gasteiger partial charge >= 0.3 is 6.09 Å². The van der Waals surface area contributed by atoms with Crippen molar-refractivity contribution in [2.24, 2.45) is 0 Å². The minimum Gasteiger partial charge on any atom is -0.443 e. The number of halogens is 2. The third-order valence-corrected chi connectivity index (χ3v) is 8.29. The SMILES string of the molecule is CCN(c1cc(F)c(S(=O)(=O)N(C(=O)OC(C)(C)C)c2cscn2)cc1Cl)[C@H]1CCN(COC(C)(C)C)C1. The molecule has 0 radical (unpaired) electrons. The van der Waals surface area contributed by atoms with E-state index in [1.165, 1.54) is 10.9 Å². The van der Waals surface area contributed by atoms with Gasteiger partial charge in [0, 0.05) is 37.1 Å². The normalized spacial score (nSPS) is 17.0. The summed E-state index contributed by atoms with van der Waals surface area (Å²) in [5.74, 6) is -1.22. The highest BCUT2D eigenvalue weighted by Crippen LogP contribution is 2.36. The lowest BCUT2D eigenvalue weighted by Gasteiger charge is -2.32. The van der Waals surface area contributed by atoms with Gasteiger partial charge in [-0.05, 0) is 61.0 Å². The third-order valence-electron chi connectivity index (χ3n) is 5.72. The van der Waals surface area contributed by atoms with Gasteiger partial charge in [-0.2, -0.15) is 0 Å². The highest BCUT2D eigenvalue weighted by atomic mass is 35.5. The first-order valence-electron chi connectivity index (χ1n) is 12.3. The number of nitrogens with zero attached hydrogens (tertiary/aromatic N) is 4. The van der Waals surface area contributed by atoms with Gasteiger partial charge in [-0.25, -0.2) is 22.6 Å². The first kappa shape index (κ1) is 30.6. The molecule has 2 heterocycles. The van der Waals surface area contributed by atoms with Crippen LogP contribution in [0.5, 0.6) is 0 Å². The van der Waals surface area contributed by atoms with Crippen LogP contribution in [-0.2, 0) is 19.5 Å². The molecule has 1 saturated heterocycles. The van der Waals surface area contributed by atoms with Crippen molar-refractivity contribution in [3.05, 3.63) is 33.9 Å². The number of benzene rings is 1. The molecule has 38 heavy (non-hydrogen) atoms. The van der Waals surface area contributed by atoms with Crippen molar-refractivity contribution in [2.75, 3.05) is 35.6 Å². The van der Waals surface area contributed by atoms with Crippen molar-refractivity contribution in [1.29, 1.82) is 0 Å². The van der Waals surface area contributed by atoms with Gasteiger partial charge in [0.1, 0.15) is 16.3 Å². The highest BCUT2D eigenvalue weighted by Gasteiger charge is 2.39. The van der Waals surface area contributed by atoms with E-state index in [9.17, 15) is 13.2 Å². The van der Waals surface area contributed by atoms with Crippen LogP contribution in [0.15, 0.2) is 27.9 Å². The molecule has 1 aliphatic heterocycles. The van der Waals surface area contributed by atoms with Gasteiger partial charge in [-0.1, -0.05) is 11.6 Å².